The Hall–Kier alpha value is -0.737. The van der Waals surface area contributed by atoms with Crippen LogP contribution in [0.15, 0.2) is 6.58 Å². The molecule has 0 amide bonds. The summed E-state index contributed by atoms with van der Waals surface area (Å²) in [5.41, 5.74) is 0. The van der Waals surface area contributed by atoms with Crippen LogP contribution in [0.1, 0.15) is 6.42 Å². The average molecular weight is 356 g/mol. The second-order valence-corrected chi connectivity index (χ2v) is 4.32. The van der Waals surface area contributed by atoms with E-state index in [9.17, 15) is 9.59 Å². The molecule has 0 saturated carbocycles. The van der Waals surface area contributed by atoms with Crippen LogP contribution in [0.5, 0.6) is 0 Å². The van der Waals surface area contributed by atoms with E-state index in [-0.39, 0.29) is 77.1 Å². The standard InChI is InChI=1S/C11H11O5.2CH3.Rh/c1-2-8(12)14-4-6-7-3-5-9(15-7)10(6)16-11(5)13;;;/h5-7,9-10H,1,3-4H2;2*1H3;/q3*-1;+3. The molecule has 0 aromatic carbocycles. The summed E-state index contributed by atoms with van der Waals surface area (Å²) in [4.78, 5) is 22.3. The molecule has 6 heteroatoms. The molecular formula is C13H17O5Rh. The third-order valence-corrected chi connectivity index (χ3v) is 3.54. The number of rotatable bonds is 3. The van der Waals surface area contributed by atoms with Crippen LogP contribution in [0.4, 0.5) is 0 Å². The Bertz CT molecular complexity index is 370. The maximum atomic E-state index is 11.4. The van der Waals surface area contributed by atoms with Crippen LogP contribution in [0, 0.1) is 32.8 Å². The van der Waals surface area contributed by atoms with E-state index in [1.54, 1.807) is 0 Å². The Morgan fingerprint density at radius 3 is 2.74 bits per heavy atom. The normalized spacial score (nSPS) is 36.4. The number of fused-ring (bicyclic) bond motifs is 1. The van der Waals surface area contributed by atoms with Crippen molar-refractivity contribution in [3.63, 3.8) is 0 Å². The van der Waals surface area contributed by atoms with Gasteiger partial charge in [-0.3, -0.25) is 16.2 Å². The molecule has 0 N–H and O–H groups in total. The second kappa shape index (κ2) is 6.62. The van der Waals surface area contributed by atoms with E-state index in [1.807, 2.05) is 0 Å². The Labute approximate surface area is 126 Å². The fourth-order valence-corrected chi connectivity index (χ4v) is 2.81. The van der Waals surface area contributed by atoms with Crippen molar-refractivity contribution in [3.05, 3.63) is 27.5 Å². The van der Waals surface area contributed by atoms with E-state index in [0.29, 0.717) is 6.42 Å². The van der Waals surface area contributed by atoms with E-state index >= 15 is 0 Å². The number of carbonyl (C=O) groups excluding carboxylic acids is 2. The summed E-state index contributed by atoms with van der Waals surface area (Å²) in [7, 11) is 0. The SMILES string of the molecule is C=[C-]C(=O)OCC1C2CC3C(=O)OC1C3O2.[CH3-].[CH3-].[Rh+3]. The number of hydrogen-bond acceptors (Lipinski definition) is 5. The molecule has 0 aromatic rings. The zero-order valence-electron chi connectivity index (χ0n) is 10.9. The van der Waals surface area contributed by atoms with Gasteiger partial charge in [-0.05, 0) is 6.42 Å². The average Bonchev–Trinajstić information content (AvgIpc) is 2.87. The summed E-state index contributed by atoms with van der Waals surface area (Å²) in [5.74, 6) is -0.900. The maximum absolute atomic E-state index is 11.4. The van der Waals surface area contributed by atoms with Gasteiger partial charge in [-0.2, -0.15) is 0 Å². The van der Waals surface area contributed by atoms with Crippen LogP contribution in [0.25, 0.3) is 0 Å². The third-order valence-electron chi connectivity index (χ3n) is 3.54. The fourth-order valence-electron chi connectivity index (χ4n) is 2.81. The minimum absolute atomic E-state index is 0. The molecule has 2 bridgehead atoms. The molecule has 3 rings (SSSR count). The van der Waals surface area contributed by atoms with Gasteiger partial charge >= 0.3 is 25.4 Å². The van der Waals surface area contributed by atoms with Crippen LogP contribution in [-0.2, 0) is 43.3 Å². The van der Waals surface area contributed by atoms with Gasteiger partial charge in [0.2, 0.25) is 0 Å². The summed E-state index contributed by atoms with van der Waals surface area (Å²) in [6, 6.07) is 0. The van der Waals surface area contributed by atoms with Gasteiger partial charge in [0.25, 0.3) is 0 Å². The summed E-state index contributed by atoms with van der Waals surface area (Å²) >= 11 is 0. The molecule has 0 aliphatic carbocycles. The molecule has 108 valence electrons. The molecule has 3 heterocycles. The topological polar surface area (TPSA) is 61.8 Å². The Balaban J connectivity index is 0.00000108. The van der Waals surface area contributed by atoms with Crippen LogP contribution < -0.4 is 0 Å². The quantitative estimate of drug-likeness (QED) is 0.323. The van der Waals surface area contributed by atoms with Crippen molar-refractivity contribution in [2.45, 2.75) is 24.7 Å². The predicted molar refractivity (Wildman–Crippen MR) is 62.8 cm³/mol. The molecule has 5 unspecified atom stereocenters. The number of esters is 2. The van der Waals surface area contributed by atoms with Crippen molar-refractivity contribution in [1.29, 1.82) is 0 Å². The van der Waals surface area contributed by atoms with Crippen molar-refractivity contribution < 1.29 is 43.3 Å². The van der Waals surface area contributed by atoms with E-state index in [4.69, 9.17) is 14.2 Å². The first-order chi connectivity index (χ1) is 7.70. The van der Waals surface area contributed by atoms with E-state index < -0.39 is 5.97 Å². The number of carbonyl (C=O) groups is 2. The van der Waals surface area contributed by atoms with Gasteiger partial charge in [0.1, 0.15) is 18.2 Å². The molecule has 19 heavy (non-hydrogen) atoms. The van der Waals surface area contributed by atoms with Gasteiger partial charge in [-0.25, -0.2) is 0 Å². The Kier molecular flexibility index (Phi) is 6.36. The van der Waals surface area contributed by atoms with Crippen LogP contribution in [-0.4, -0.2) is 36.9 Å². The summed E-state index contributed by atoms with van der Waals surface area (Å²) in [5, 5.41) is 0. The maximum Gasteiger partial charge on any atom is 3.00 e. The van der Waals surface area contributed by atoms with E-state index in [1.165, 1.54) is 0 Å². The van der Waals surface area contributed by atoms with Crippen molar-refractivity contribution in [1.82, 2.24) is 0 Å². The first-order valence-corrected chi connectivity index (χ1v) is 5.26. The van der Waals surface area contributed by atoms with Crippen molar-refractivity contribution in [2.24, 2.45) is 11.8 Å². The van der Waals surface area contributed by atoms with Gasteiger partial charge in [-0.15, -0.1) is 0 Å². The molecule has 5 atom stereocenters. The van der Waals surface area contributed by atoms with E-state index in [2.05, 4.69) is 12.7 Å². The van der Waals surface area contributed by atoms with Gasteiger partial charge in [0, 0.05) is 0 Å². The Morgan fingerprint density at radius 2 is 2.11 bits per heavy atom. The monoisotopic (exact) mass is 356 g/mol. The smallest absolute Gasteiger partial charge is 0.489 e. The zero-order chi connectivity index (χ0) is 11.3. The molecule has 3 fully saturated rings. The van der Waals surface area contributed by atoms with Crippen molar-refractivity contribution in [3.8, 4) is 0 Å². The Morgan fingerprint density at radius 1 is 1.42 bits per heavy atom. The molecule has 0 aromatic heterocycles. The fraction of sp³-hybridized carbons (Fsp3) is 0.538. The van der Waals surface area contributed by atoms with Gasteiger partial charge < -0.3 is 35.1 Å². The predicted octanol–water partition coefficient (Wildman–Crippen LogP) is 0.746. The molecular weight excluding hydrogens is 339 g/mol. The molecule has 0 radical (unpaired) electrons. The van der Waals surface area contributed by atoms with Crippen molar-refractivity contribution >= 4 is 11.9 Å². The van der Waals surface area contributed by atoms with Gasteiger partial charge in [0.05, 0.1) is 24.5 Å². The largest absolute Gasteiger partial charge is 3.00 e. The number of ether oxygens (including phenoxy) is 3. The first-order valence-electron chi connectivity index (χ1n) is 5.26. The molecule has 3 aliphatic heterocycles. The third kappa shape index (κ3) is 2.75. The number of hydrogen-bond donors (Lipinski definition) is 0. The minimum Gasteiger partial charge on any atom is -0.489 e. The second-order valence-electron chi connectivity index (χ2n) is 4.32. The summed E-state index contributed by atoms with van der Waals surface area (Å²) < 4.78 is 15.8. The van der Waals surface area contributed by atoms with Crippen LogP contribution in [0.3, 0.4) is 0 Å². The van der Waals surface area contributed by atoms with E-state index in [0.717, 1.165) is 0 Å². The van der Waals surface area contributed by atoms with Gasteiger partial charge in [0.15, 0.2) is 0 Å². The summed E-state index contributed by atoms with van der Waals surface area (Å²) in [6.07, 6.45) is 2.41. The van der Waals surface area contributed by atoms with Crippen LogP contribution >= 0.6 is 0 Å². The zero-order valence-corrected chi connectivity index (χ0v) is 12.5. The van der Waals surface area contributed by atoms with Gasteiger partial charge in [-0.1, -0.05) is 0 Å². The molecule has 5 nitrogen and oxygen atoms in total. The molecule has 0 spiro atoms. The first kappa shape index (κ1) is 18.3. The minimum atomic E-state index is -0.580. The summed E-state index contributed by atoms with van der Waals surface area (Å²) in [6.45, 7) is 3.40. The van der Waals surface area contributed by atoms with Crippen LogP contribution in [0.2, 0.25) is 0 Å². The molecule has 3 aliphatic rings. The molecule has 3 saturated heterocycles. The van der Waals surface area contributed by atoms with Crippen molar-refractivity contribution in [2.75, 3.05) is 6.61 Å².